The highest BCUT2D eigenvalue weighted by atomic mass is 32.1. The highest BCUT2D eigenvalue weighted by molar-refractivity contribution is 7.80. The molecule has 0 atom stereocenters. The molecule has 7 heteroatoms. The van der Waals surface area contributed by atoms with Crippen molar-refractivity contribution >= 4 is 34.9 Å². The van der Waals surface area contributed by atoms with Crippen LogP contribution in [0.4, 0.5) is 5.69 Å². The first kappa shape index (κ1) is 17.7. The van der Waals surface area contributed by atoms with Gasteiger partial charge in [-0.1, -0.05) is 32.9 Å². The zero-order valence-electron chi connectivity index (χ0n) is 13.5. The van der Waals surface area contributed by atoms with E-state index in [-0.39, 0.29) is 16.8 Å². The average Bonchev–Trinajstić information content (AvgIpc) is 2.96. The predicted molar refractivity (Wildman–Crippen MR) is 94.9 cm³/mol. The molecule has 1 aromatic heterocycles. The van der Waals surface area contributed by atoms with E-state index < -0.39 is 11.4 Å². The summed E-state index contributed by atoms with van der Waals surface area (Å²) in [6.45, 7) is 5.38. The van der Waals surface area contributed by atoms with Crippen molar-refractivity contribution in [3.05, 3.63) is 42.2 Å². The fourth-order valence-electron chi connectivity index (χ4n) is 1.81. The lowest BCUT2D eigenvalue weighted by Gasteiger charge is -2.18. The summed E-state index contributed by atoms with van der Waals surface area (Å²) in [5.74, 6) is -1.01. The zero-order valence-corrected chi connectivity index (χ0v) is 14.4. The van der Waals surface area contributed by atoms with Gasteiger partial charge in [-0.3, -0.25) is 4.79 Å². The van der Waals surface area contributed by atoms with Gasteiger partial charge in [0.15, 0.2) is 5.11 Å². The lowest BCUT2D eigenvalue weighted by molar-refractivity contribution is -0.126. The van der Waals surface area contributed by atoms with Crippen LogP contribution in [0.25, 0.3) is 11.3 Å². The third-order valence-corrected chi connectivity index (χ3v) is 3.33. The SMILES string of the molecule is CC(C)(C)C(=O)NC(=S)Nc1cccc(-c2ccc(C(=O)O)o2)c1. The number of carbonyl (C=O) groups excluding carboxylic acids is 1. The maximum atomic E-state index is 11.9. The first-order chi connectivity index (χ1) is 11.2. The van der Waals surface area contributed by atoms with Gasteiger partial charge in [0.1, 0.15) is 5.76 Å². The Hall–Kier alpha value is -2.67. The van der Waals surface area contributed by atoms with Crippen molar-refractivity contribution in [3.63, 3.8) is 0 Å². The van der Waals surface area contributed by atoms with E-state index in [0.29, 0.717) is 17.0 Å². The summed E-state index contributed by atoms with van der Waals surface area (Å²) in [6.07, 6.45) is 0. The van der Waals surface area contributed by atoms with Crippen LogP contribution in [0.3, 0.4) is 0 Å². The van der Waals surface area contributed by atoms with E-state index in [9.17, 15) is 9.59 Å². The third-order valence-electron chi connectivity index (χ3n) is 3.13. The summed E-state index contributed by atoms with van der Waals surface area (Å²) in [5, 5.41) is 14.7. The Morgan fingerprint density at radius 3 is 2.46 bits per heavy atom. The monoisotopic (exact) mass is 346 g/mol. The fourth-order valence-corrected chi connectivity index (χ4v) is 2.02. The number of anilines is 1. The minimum atomic E-state index is -1.12. The van der Waals surface area contributed by atoms with Crippen LogP contribution in [-0.2, 0) is 4.79 Å². The lowest BCUT2D eigenvalue weighted by atomic mass is 9.96. The molecule has 3 N–H and O–H groups in total. The van der Waals surface area contributed by atoms with Gasteiger partial charge in [0.2, 0.25) is 11.7 Å². The zero-order chi connectivity index (χ0) is 17.9. The van der Waals surface area contributed by atoms with Gasteiger partial charge in [0, 0.05) is 16.7 Å². The Labute approximate surface area is 144 Å². The fraction of sp³-hybridized carbons (Fsp3) is 0.235. The molecular weight excluding hydrogens is 328 g/mol. The molecule has 2 aromatic rings. The largest absolute Gasteiger partial charge is 0.475 e. The smallest absolute Gasteiger partial charge is 0.371 e. The predicted octanol–water partition coefficient (Wildman–Crippen LogP) is 3.50. The summed E-state index contributed by atoms with van der Waals surface area (Å²) in [6, 6.07) is 10.1. The number of carboxylic acid groups (broad SMARTS) is 1. The third kappa shape index (κ3) is 4.42. The van der Waals surface area contributed by atoms with Crippen LogP contribution in [0.15, 0.2) is 40.8 Å². The molecule has 0 bridgehead atoms. The number of benzene rings is 1. The maximum absolute atomic E-state index is 11.9. The number of carboxylic acids is 1. The Balaban J connectivity index is 2.11. The number of thiocarbonyl (C=S) groups is 1. The molecule has 0 unspecified atom stereocenters. The molecule has 1 heterocycles. The Kier molecular flexibility index (Phi) is 5.04. The summed E-state index contributed by atoms with van der Waals surface area (Å²) in [4.78, 5) is 22.8. The van der Waals surface area contributed by atoms with Crippen LogP contribution >= 0.6 is 12.2 Å². The van der Waals surface area contributed by atoms with Crippen molar-refractivity contribution in [2.24, 2.45) is 5.41 Å². The van der Waals surface area contributed by atoms with Crippen molar-refractivity contribution in [2.45, 2.75) is 20.8 Å². The normalized spacial score (nSPS) is 11.0. The maximum Gasteiger partial charge on any atom is 0.371 e. The molecule has 0 saturated carbocycles. The summed E-state index contributed by atoms with van der Waals surface area (Å²) in [7, 11) is 0. The molecule has 0 aliphatic heterocycles. The topological polar surface area (TPSA) is 91.6 Å². The number of aromatic carboxylic acids is 1. The van der Waals surface area contributed by atoms with Gasteiger partial charge < -0.3 is 20.2 Å². The molecule has 0 radical (unpaired) electrons. The number of furan rings is 1. The summed E-state index contributed by atoms with van der Waals surface area (Å²) >= 11 is 5.14. The van der Waals surface area contributed by atoms with E-state index in [0.717, 1.165) is 0 Å². The van der Waals surface area contributed by atoms with Gasteiger partial charge in [0.25, 0.3) is 0 Å². The highest BCUT2D eigenvalue weighted by Gasteiger charge is 2.22. The van der Waals surface area contributed by atoms with Crippen molar-refractivity contribution in [2.75, 3.05) is 5.32 Å². The average molecular weight is 346 g/mol. The number of hydrogen-bond acceptors (Lipinski definition) is 4. The quantitative estimate of drug-likeness (QED) is 0.737. The minimum absolute atomic E-state index is 0.128. The first-order valence-electron chi connectivity index (χ1n) is 7.23. The van der Waals surface area contributed by atoms with Crippen LogP contribution in [0.5, 0.6) is 0 Å². The molecule has 0 aliphatic rings. The second-order valence-corrected chi connectivity index (χ2v) is 6.62. The Morgan fingerprint density at radius 1 is 1.17 bits per heavy atom. The first-order valence-corrected chi connectivity index (χ1v) is 7.63. The van der Waals surface area contributed by atoms with Gasteiger partial charge in [0.05, 0.1) is 0 Å². The molecule has 0 fully saturated rings. The second kappa shape index (κ2) is 6.84. The number of amides is 1. The van der Waals surface area contributed by atoms with Gasteiger partial charge in [-0.05, 0) is 36.5 Å². The number of carbonyl (C=O) groups is 2. The standard InChI is InChI=1S/C17H18N2O4S/c1-17(2,3)15(22)19-16(24)18-11-6-4-5-10(9-11)12-7-8-13(23-12)14(20)21/h4-9H,1-3H3,(H,20,21)(H2,18,19,22,24). The van der Waals surface area contributed by atoms with E-state index in [4.69, 9.17) is 21.7 Å². The molecule has 1 aromatic carbocycles. The lowest BCUT2D eigenvalue weighted by Crippen LogP contribution is -2.41. The summed E-state index contributed by atoms with van der Waals surface area (Å²) in [5.41, 5.74) is 0.798. The van der Waals surface area contributed by atoms with E-state index in [1.807, 2.05) is 0 Å². The van der Waals surface area contributed by atoms with Crippen LogP contribution in [-0.4, -0.2) is 22.1 Å². The molecule has 2 rings (SSSR count). The van der Waals surface area contributed by atoms with E-state index in [2.05, 4.69) is 10.6 Å². The van der Waals surface area contributed by atoms with Gasteiger partial charge in [-0.2, -0.15) is 0 Å². The van der Waals surface area contributed by atoms with E-state index in [1.54, 1.807) is 51.1 Å². The van der Waals surface area contributed by atoms with E-state index in [1.165, 1.54) is 6.07 Å². The second-order valence-electron chi connectivity index (χ2n) is 6.21. The molecular formula is C17H18N2O4S. The van der Waals surface area contributed by atoms with Crippen molar-refractivity contribution in [3.8, 4) is 11.3 Å². The van der Waals surface area contributed by atoms with Crippen molar-refractivity contribution < 1.29 is 19.1 Å². The number of rotatable bonds is 3. The molecule has 6 nitrogen and oxygen atoms in total. The molecule has 0 aliphatic carbocycles. The molecule has 24 heavy (non-hydrogen) atoms. The summed E-state index contributed by atoms with van der Waals surface area (Å²) < 4.78 is 5.27. The van der Waals surface area contributed by atoms with Gasteiger partial charge in [-0.15, -0.1) is 0 Å². The van der Waals surface area contributed by atoms with Crippen LogP contribution in [0, 0.1) is 5.41 Å². The molecule has 0 spiro atoms. The molecule has 1 amide bonds. The van der Waals surface area contributed by atoms with Crippen LogP contribution < -0.4 is 10.6 Å². The minimum Gasteiger partial charge on any atom is -0.475 e. The van der Waals surface area contributed by atoms with Gasteiger partial charge >= 0.3 is 5.97 Å². The Morgan fingerprint density at radius 2 is 1.88 bits per heavy atom. The van der Waals surface area contributed by atoms with E-state index >= 15 is 0 Å². The van der Waals surface area contributed by atoms with Crippen molar-refractivity contribution in [1.82, 2.24) is 5.32 Å². The molecule has 126 valence electrons. The van der Waals surface area contributed by atoms with Crippen LogP contribution in [0.2, 0.25) is 0 Å². The van der Waals surface area contributed by atoms with Gasteiger partial charge in [-0.25, -0.2) is 4.79 Å². The van der Waals surface area contributed by atoms with Crippen LogP contribution in [0.1, 0.15) is 31.3 Å². The van der Waals surface area contributed by atoms with Crippen molar-refractivity contribution in [1.29, 1.82) is 0 Å². The molecule has 0 saturated heterocycles. The highest BCUT2D eigenvalue weighted by Crippen LogP contribution is 2.25. The number of hydrogen-bond donors (Lipinski definition) is 3. The Bertz CT molecular complexity index is 790. The number of nitrogens with one attached hydrogen (secondary N) is 2.